The average Bonchev–Trinajstić information content (AvgIpc) is 2.54. The second-order valence-corrected chi connectivity index (χ2v) is 6.63. The summed E-state index contributed by atoms with van der Waals surface area (Å²) in [6.07, 6.45) is -1.09. The minimum absolute atomic E-state index is 0.256. The van der Waals surface area contributed by atoms with E-state index in [0.717, 1.165) is 10.6 Å². The Morgan fingerprint density at radius 1 is 1.39 bits per heavy atom. The molecule has 98 valence electrons. The number of nitroso groups, excluding NO2 is 1. The van der Waals surface area contributed by atoms with Gasteiger partial charge < -0.3 is 5.11 Å². The first-order valence-electron chi connectivity index (χ1n) is 5.50. The first kappa shape index (κ1) is 13.0. The van der Waals surface area contributed by atoms with Crippen molar-refractivity contribution in [3.8, 4) is 0 Å². The Bertz CT molecular complexity index is 558. The van der Waals surface area contributed by atoms with Gasteiger partial charge in [0.05, 0.1) is 34.6 Å². The van der Waals surface area contributed by atoms with E-state index in [0.29, 0.717) is 5.69 Å². The Morgan fingerprint density at radius 3 is 2.61 bits per heavy atom. The summed E-state index contributed by atoms with van der Waals surface area (Å²) in [5.41, 5.74) is 1.42. The normalized spacial score (nSPS) is 25.9. The molecule has 1 N–H and O–H groups in total. The molecule has 0 aromatic heterocycles. The zero-order valence-electron chi connectivity index (χ0n) is 9.85. The zero-order chi connectivity index (χ0) is 13.3. The Balaban J connectivity index is 2.33. The molecule has 0 amide bonds. The number of rotatable bonds is 3. The number of hydrogen-bond acceptors (Lipinski definition) is 5. The SMILES string of the molecule is Cc1cccc(N(N=O)C2CS(=O)(=O)CC2O)c1. The van der Waals surface area contributed by atoms with Crippen molar-refractivity contribution in [1.82, 2.24) is 0 Å². The molecule has 6 nitrogen and oxygen atoms in total. The third-order valence-electron chi connectivity index (χ3n) is 2.96. The van der Waals surface area contributed by atoms with E-state index in [2.05, 4.69) is 5.29 Å². The molecule has 7 heteroatoms. The van der Waals surface area contributed by atoms with E-state index >= 15 is 0 Å². The topological polar surface area (TPSA) is 87.0 Å². The molecule has 2 rings (SSSR count). The van der Waals surface area contributed by atoms with E-state index in [4.69, 9.17) is 0 Å². The van der Waals surface area contributed by atoms with Crippen LogP contribution >= 0.6 is 0 Å². The van der Waals surface area contributed by atoms with Crippen molar-refractivity contribution in [2.45, 2.75) is 19.1 Å². The number of nitrogens with zero attached hydrogens (tertiary/aromatic N) is 2. The molecule has 0 aliphatic carbocycles. The van der Waals surface area contributed by atoms with Gasteiger partial charge in [-0.15, -0.1) is 4.91 Å². The Labute approximate surface area is 105 Å². The van der Waals surface area contributed by atoms with Crippen LogP contribution in [0.5, 0.6) is 0 Å². The number of hydrogen-bond donors (Lipinski definition) is 1. The van der Waals surface area contributed by atoms with Gasteiger partial charge in [-0.1, -0.05) is 12.1 Å². The fourth-order valence-electron chi connectivity index (χ4n) is 2.11. The monoisotopic (exact) mass is 270 g/mol. The molecule has 1 saturated heterocycles. The number of sulfone groups is 1. The average molecular weight is 270 g/mol. The van der Waals surface area contributed by atoms with E-state index in [1.807, 2.05) is 13.0 Å². The summed E-state index contributed by atoms with van der Waals surface area (Å²) in [6.45, 7) is 1.86. The molecule has 1 aliphatic heterocycles. The van der Waals surface area contributed by atoms with Gasteiger partial charge in [0.2, 0.25) is 0 Å². The predicted octanol–water partition coefficient (Wildman–Crippen LogP) is 0.641. The molecule has 1 aromatic carbocycles. The molecule has 0 saturated carbocycles. The number of aliphatic hydroxyl groups excluding tert-OH is 1. The van der Waals surface area contributed by atoms with Gasteiger partial charge in [-0.3, -0.25) is 0 Å². The van der Waals surface area contributed by atoms with Crippen LogP contribution in [0, 0.1) is 11.8 Å². The summed E-state index contributed by atoms with van der Waals surface area (Å²) in [7, 11) is -3.31. The minimum atomic E-state index is -3.31. The quantitative estimate of drug-likeness (QED) is 0.643. The van der Waals surface area contributed by atoms with Crippen LogP contribution in [0.4, 0.5) is 5.69 Å². The molecule has 2 unspecified atom stereocenters. The molecular formula is C11H14N2O4S. The third kappa shape index (κ3) is 2.51. The zero-order valence-corrected chi connectivity index (χ0v) is 10.7. The maximum absolute atomic E-state index is 11.4. The van der Waals surface area contributed by atoms with Crippen LogP contribution in [-0.4, -0.2) is 37.2 Å². The van der Waals surface area contributed by atoms with E-state index in [1.54, 1.807) is 18.2 Å². The second-order valence-electron chi connectivity index (χ2n) is 4.48. The first-order chi connectivity index (χ1) is 8.43. The smallest absolute Gasteiger partial charge is 0.155 e. The van der Waals surface area contributed by atoms with E-state index < -0.39 is 22.0 Å². The molecule has 0 bridgehead atoms. The van der Waals surface area contributed by atoms with Crippen LogP contribution in [0.15, 0.2) is 29.6 Å². The largest absolute Gasteiger partial charge is 0.390 e. The van der Waals surface area contributed by atoms with Crippen LogP contribution in [0.25, 0.3) is 0 Å². The highest BCUT2D eigenvalue weighted by molar-refractivity contribution is 7.91. The van der Waals surface area contributed by atoms with Crippen molar-refractivity contribution in [3.63, 3.8) is 0 Å². The molecular weight excluding hydrogens is 256 g/mol. The molecule has 0 radical (unpaired) electrons. The third-order valence-corrected chi connectivity index (χ3v) is 4.66. The number of anilines is 1. The summed E-state index contributed by atoms with van der Waals surface area (Å²) in [5.74, 6) is -0.580. The molecule has 0 spiro atoms. The van der Waals surface area contributed by atoms with Gasteiger partial charge in [0.1, 0.15) is 0 Å². The van der Waals surface area contributed by atoms with E-state index in [1.165, 1.54) is 0 Å². The maximum Gasteiger partial charge on any atom is 0.155 e. The highest BCUT2D eigenvalue weighted by atomic mass is 32.2. The summed E-state index contributed by atoms with van der Waals surface area (Å²) < 4.78 is 22.9. The van der Waals surface area contributed by atoms with Gasteiger partial charge in [0.15, 0.2) is 9.84 Å². The van der Waals surface area contributed by atoms with Crippen molar-refractivity contribution < 1.29 is 13.5 Å². The van der Waals surface area contributed by atoms with Gasteiger partial charge in [0.25, 0.3) is 0 Å². The molecule has 1 aromatic rings. The van der Waals surface area contributed by atoms with Crippen molar-refractivity contribution in [1.29, 1.82) is 0 Å². The lowest BCUT2D eigenvalue weighted by atomic mass is 10.1. The van der Waals surface area contributed by atoms with Gasteiger partial charge in [-0.25, -0.2) is 13.4 Å². The van der Waals surface area contributed by atoms with Gasteiger partial charge in [-0.2, -0.15) is 0 Å². The number of benzene rings is 1. The van der Waals surface area contributed by atoms with Crippen LogP contribution in [0.3, 0.4) is 0 Å². The van der Waals surface area contributed by atoms with Gasteiger partial charge >= 0.3 is 0 Å². The Morgan fingerprint density at radius 2 is 2.11 bits per heavy atom. The molecule has 2 atom stereocenters. The van der Waals surface area contributed by atoms with E-state index in [-0.39, 0.29) is 11.5 Å². The van der Waals surface area contributed by atoms with E-state index in [9.17, 15) is 18.4 Å². The van der Waals surface area contributed by atoms with Crippen LogP contribution in [0.2, 0.25) is 0 Å². The first-order valence-corrected chi connectivity index (χ1v) is 7.33. The Kier molecular flexibility index (Phi) is 3.36. The summed E-state index contributed by atoms with van der Waals surface area (Å²) >= 11 is 0. The van der Waals surface area contributed by atoms with Gasteiger partial charge in [-0.05, 0) is 24.6 Å². The van der Waals surface area contributed by atoms with Crippen LogP contribution < -0.4 is 5.01 Å². The van der Waals surface area contributed by atoms with Gasteiger partial charge in [0, 0.05) is 0 Å². The van der Waals surface area contributed by atoms with Crippen molar-refractivity contribution in [2.24, 2.45) is 5.29 Å². The Hall–Kier alpha value is -1.47. The molecule has 18 heavy (non-hydrogen) atoms. The fourth-order valence-corrected chi connectivity index (χ4v) is 3.88. The minimum Gasteiger partial charge on any atom is -0.390 e. The molecule has 1 heterocycles. The number of aryl methyl sites for hydroxylation is 1. The molecule has 1 aliphatic rings. The second kappa shape index (κ2) is 4.66. The lowest BCUT2D eigenvalue weighted by Gasteiger charge is -2.24. The molecule has 1 fully saturated rings. The highest BCUT2D eigenvalue weighted by Crippen LogP contribution is 2.25. The summed E-state index contributed by atoms with van der Waals surface area (Å²) in [5, 5.41) is 13.6. The fraction of sp³-hybridized carbons (Fsp3) is 0.455. The lowest BCUT2D eigenvalue weighted by Crippen LogP contribution is -2.39. The van der Waals surface area contributed by atoms with Crippen LogP contribution in [-0.2, 0) is 9.84 Å². The number of aliphatic hydroxyl groups is 1. The standard InChI is InChI=1S/C11H14N2O4S/c1-8-3-2-4-9(5-8)13(12-15)10-6-18(16,17)7-11(10)14/h2-5,10-11,14H,6-7H2,1H3. The summed E-state index contributed by atoms with van der Waals surface area (Å²) in [6, 6.07) is 6.17. The summed E-state index contributed by atoms with van der Waals surface area (Å²) in [4.78, 5) is 10.9. The maximum atomic E-state index is 11.4. The lowest BCUT2D eigenvalue weighted by molar-refractivity contribution is 0.178. The van der Waals surface area contributed by atoms with Crippen molar-refractivity contribution in [2.75, 3.05) is 16.5 Å². The van der Waals surface area contributed by atoms with Crippen molar-refractivity contribution >= 4 is 15.5 Å². The highest BCUT2D eigenvalue weighted by Gasteiger charge is 2.41. The predicted molar refractivity (Wildman–Crippen MR) is 67.9 cm³/mol. The van der Waals surface area contributed by atoms with Crippen molar-refractivity contribution in [3.05, 3.63) is 34.7 Å². The van der Waals surface area contributed by atoms with Crippen LogP contribution in [0.1, 0.15) is 5.56 Å².